The van der Waals surface area contributed by atoms with Crippen molar-refractivity contribution in [3.8, 4) is 0 Å². The monoisotopic (exact) mass is 169 g/mol. The van der Waals surface area contributed by atoms with Crippen LogP contribution in [0.5, 0.6) is 0 Å². The van der Waals surface area contributed by atoms with E-state index in [1.165, 1.54) is 32.1 Å². The van der Waals surface area contributed by atoms with Gasteiger partial charge in [0.15, 0.2) is 0 Å². The molecule has 0 aliphatic rings. The van der Waals surface area contributed by atoms with Crippen molar-refractivity contribution in [2.45, 2.75) is 59.3 Å². The zero-order valence-electron chi connectivity index (χ0n) is 9.10. The molecule has 0 aromatic rings. The molecule has 0 saturated heterocycles. The van der Waals surface area contributed by atoms with Gasteiger partial charge < -0.3 is 0 Å². The Morgan fingerprint density at radius 1 is 1.17 bits per heavy atom. The molecule has 1 radical (unpaired) electrons. The van der Waals surface area contributed by atoms with Gasteiger partial charge in [0.1, 0.15) is 0 Å². The van der Waals surface area contributed by atoms with Crippen molar-refractivity contribution in [3.63, 3.8) is 0 Å². The molecule has 0 aromatic carbocycles. The van der Waals surface area contributed by atoms with Gasteiger partial charge in [-0.15, -0.1) is 0 Å². The molecule has 0 N–H and O–H groups in total. The molecule has 0 rings (SSSR count). The van der Waals surface area contributed by atoms with Crippen LogP contribution in [0.2, 0.25) is 0 Å². The molecule has 73 valence electrons. The molecule has 0 heteroatoms. The standard InChI is InChI=1S/C12H25/c1-5-8-10-12(7-3)11(4)9-6-2/h11-12H,2,5-10H2,1,3-4H3. The Morgan fingerprint density at radius 3 is 2.25 bits per heavy atom. The van der Waals surface area contributed by atoms with Gasteiger partial charge in [-0.3, -0.25) is 0 Å². The van der Waals surface area contributed by atoms with Gasteiger partial charge >= 0.3 is 0 Å². The fourth-order valence-electron chi connectivity index (χ4n) is 1.92. The molecule has 0 aromatic heterocycles. The number of hydrogen-bond acceptors (Lipinski definition) is 0. The van der Waals surface area contributed by atoms with Crippen molar-refractivity contribution in [2.24, 2.45) is 11.8 Å². The van der Waals surface area contributed by atoms with E-state index < -0.39 is 0 Å². The average molecular weight is 169 g/mol. The normalized spacial score (nSPS) is 16.0. The summed E-state index contributed by atoms with van der Waals surface area (Å²) < 4.78 is 0. The molecule has 0 aliphatic carbocycles. The van der Waals surface area contributed by atoms with Crippen molar-refractivity contribution in [1.82, 2.24) is 0 Å². The molecular weight excluding hydrogens is 144 g/mol. The van der Waals surface area contributed by atoms with Crippen LogP contribution < -0.4 is 0 Å². The van der Waals surface area contributed by atoms with Crippen LogP contribution in [-0.4, -0.2) is 0 Å². The maximum Gasteiger partial charge on any atom is -0.0391 e. The van der Waals surface area contributed by atoms with E-state index in [9.17, 15) is 0 Å². The summed E-state index contributed by atoms with van der Waals surface area (Å²) in [5.74, 6) is 1.84. The van der Waals surface area contributed by atoms with Crippen LogP contribution in [0.1, 0.15) is 59.3 Å². The molecule has 0 heterocycles. The lowest BCUT2D eigenvalue weighted by Gasteiger charge is -2.21. The Bertz CT molecular complexity index is 86.0. The maximum atomic E-state index is 3.92. The van der Waals surface area contributed by atoms with Crippen LogP contribution in [-0.2, 0) is 0 Å². The van der Waals surface area contributed by atoms with E-state index in [2.05, 4.69) is 27.7 Å². The van der Waals surface area contributed by atoms with Crippen LogP contribution in [0.4, 0.5) is 0 Å². The predicted octanol–water partition coefficient (Wildman–Crippen LogP) is 4.45. The molecule has 0 saturated carbocycles. The summed E-state index contributed by atoms with van der Waals surface area (Å²) in [6, 6.07) is 0. The number of unbranched alkanes of at least 4 members (excludes halogenated alkanes) is 1. The Hall–Kier alpha value is 0. The first-order chi connectivity index (χ1) is 5.76. The van der Waals surface area contributed by atoms with E-state index >= 15 is 0 Å². The van der Waals surface area contributed by atoms with E-state index in [4.69, 9.17) is 0 Å². The first kappa shape index (κ1) is 12.0. The highest BCUT2D eigenvalue weighted by Gasteiger charge is 2.13. The summed E-state index contributed by atoms with van der Waals surface area (Å²) in [4.78, 5) is 0. The lowest BCUT2D eigenvalue weighted by Crippen LogP contribution is -2.10. The second kappa shape index (κ2) is 7.64. The van der Waals surface area contributed by atoms with Crippen molar-refractivity contribution >= 4 is 0 Å². The Labute approximate surface area is 78.8 Å². The third-order valence-electron chi connectivity index (χ3n) is 2.92. The van der Waals surface area contributed by atoms with Gasteiger partial charge in [0, 0.05) is 0 Å². The SMILES string of the molecule is [CH2]CCC(C)C(CC)CCCC. The minimum Gasteiger partial charge on any atom is -0.0654 e. The van der Waals surface area contributed by atoms with Crippen LogP contribution in [0.15, 0.2) is 0 Å². The summed E-state index contributed by atoms with van der Waals surface area (Å²) >= 11 is 0. The Balaban J connectivity index is 3.62. The smallest absolute Gasteiger partial charge is 0.0391 e. The quantitative estimate of drug-likeness (QED) is 0.528. The molecule has 2 atom stereocenters. The summed E-state index contributed by atoms with van der Waals surface area (Å²) in [6.07, 6.45) is 7.93. The first-order valence-corrected chi connectivity index (χ1v) is 5.55. The highest BCUT2D eigenvalue weighted by atomic mass is 14.2. The second-order valence-electron chi connectivity index (χ2n) is 3.93. The summed E-state index contributed by atoms with van der Waals surface area (Å²) in [7, 11) is 0. The molecule has 12 heavy (non-hydrogen) atoms. The topological polar surface area (TPSA) is 0 Å². The van der Waals surface area contributed by atoms with Crippen LogP contribution in [0.3, 0.4) is 0 Å². The molecule has 0 amide bonds. The van der Waals surface area contributed by atoms with Gasteiger partial charge in [0.2, 0.25) is 0 Å². The van der Waals surface area contributed by atoms with Crippen molar-refractivity contribution in [1.29, 1.82) is 0 Å². The van der Waals surface area contributed by atoms with E-state index in [0.29, 0.717) is 0 Å². The van der Waals surface area contributed by atoms with E-state index in [-0.39, 0.29) is 0 Å². The molecule has 0 fully saturated rings. The molecular formula is C12H25. The van der Waals surface area contributed by atoms with Crippen LogP contribution in [0.25, 0.3) is 0 Å². The van der Waals surface area contributed by atoms with Gasteiger partial charge in [-0.25, -0.2) is 0 Å². The fourth-order valence-corrected chi connectivity index (χ4v) is 1.92. The van der Waals surface area contributed by atoms with Gasteiger partial charge in [-0.05, 0) is 11.8 Å². The maximum absolute atomic E-state index is 3.92. The van der Waals surface area contributed by atoms with Crippen molar-refractivity contribution < 1.29 is 0 Å². The average Bonchev–Trinajstić information content (AvgIpc) is 2.06. The molecule has 2 unspecified atom stereocenters. The van der Waals surface area contributed by atoms with Crippen molar-refractivity contribution in [2.75, 3.05) is 0 Å². The minimum absolute atomic E-state index is 0.888. The van der Waals surface area contributed by atoms with Gasteiger partial charge in [0.25, 0.3) is 0 Å². The Kier molecular flexibility index (Phi) is 7.64. The minimum atomic E-state index is 0.888. The zero-order valence-corrected chi connectivity index (χ0v) is 9.10. The molecule has 0 spiro atoms. The van der Waals surface area contributed by atoms with Crippen LogP contribution >= 0.6 is 0 Å². The van der Waals surface area contributed by atoms with E-state index in [1.54, 1.807) is 0 Å². The van der Waals surface area contributed by atoms with Gasteiger partial charge in [-0.1, -0.05) is 66.2 Å². The second-order valence-corrected chi connectivity index (χ2v) is 3.93. The summed E-state index contributed by atoms with van der Waals surface area (Å²) in [5, 5.41) is 0. The summed E-state index contributed by atoms with van der Waals surface area (Å²) in [5.41, 5.74) is 0. The molecule has 0 aliphatic heterocycles. The number of hydrogen-bond donors (Lipinski definition) is 0. The van der Waals surface area contributed by atoms with Gasteiger partial charge in [0.05, 0.1) is 0 Å². The number of rotatable bonds is 7. The van der Waals surface area contributed by atoms with E-state index in [1.807, 2.05) is 0 Å². The predicted molar refractivity (Wildman–Crippen MR) is 57.1 cm³/mol. The third-order valence-corrected chi connectivity index (χ3v) is 2.92. The zero-order chi connectivity index (χ0) is 9.40. The van der Waals surface area contributed by atoms with Crippen LogP contribution in [0, 0.1) is 18.8 Å². The lowest BCUT2D eigenvalue weighted by molar-refractivity contribution is 0.303. The summed E-state index contributed by atoms with van der Waals surface area (Å²) in [6.45, 7) is 10.9. The highest BCUT2D eigenvalue weighted by molar-refractivity contribution is 4.65. The van der Waals surface area contributed by atoms with Gasteiger partial charge in [-0.2, -0.15) is 0 Å². The first-order valence-electron chi connectivity index (χ1n) is 5.55. The highest BCUT2D eigenvalue weighted by Crippen LogP contribution is 2.25. The third kappa shape index (κ3) is 4.79. The molecule has 0 nitrogen and oxygen atoms in total. The largest absolute Gasteiger partial charge is 0.0654 e. The Morgan fingerprint density at radius 2 is 1.83 bits per heavy atom. The van der Waals surface area contributed by atoms with E-state index in [0.717, 1.165) is 18.3 Å². The molecule has 0 bridgehead atoms. The lowest BCUT2D eigenvalue weighted by atomic mass is 9.84. The fraction of sp³-hybridized carbons (Fsp3) is 0.917. The van der Waals surface area contributed by atoms with Crippen molar-refractivity contribution in [3.05, 3.63) is 6.92 Å².